The molecule has 0 bridgehead atoms. The fourth-order valence-electron chi connectivity index (χ4n) is 4.13. The first-order valence-corrected chi connectivity index (χ1v) is 12.0. The van der Waals surface area contributed by atoms with Gasteiger partial charge < -0.3 is 15.1 Å². The second-order valence-corrected chi connectivity index (χ2v) is 9.87. The van der Waals surface area contributed by atoms with Crippen LogP contribution in [0.1, 0.15) is 37.9 Å². The molecule has 182 valence electrons. The zero-order valence-electron chi connectivity index (χ0n) is 19.2. The number of carboxylic acids is 1. The van der Waals surface area contributed by atoms with Crippen molar-refractivity contribution >= 4 is 14.0 Å². The number of carbonyl (C=O) groups is 1. The monoisotopic (exact) mass is 499 g/mol. The van der Waals surface area contributed by atoms with Crippen LogP contribution >= 0.6 is 8.03 Å². The Bertz CT molecular complexity index is 1320. The van der Waals surface area contributed by atoms with Crippen LogP contribution in [0.2, 0.25) is 0 Å². The van der Waals surface area contributed by atoms with Crippen molar-refractivity contribution in [2.24, 2.45) is 0 Å². The van der Waals surface area contributed by atoms with E-state index in [0.29, 0.717) is 5.56 Å². The van der Waals surface area contributed by atoms with Crippen LogP contribution in [0, 0.1) is 24.0 Å². The highest BCUT2D eigenvalue weighted by atomic mass is 31.1. The summed E-state index contributed by atoms with van der Waals surface area (Å²) in [6, 6.07) is 13.0. The van der Waals surface area contributed by atoms with Crippen molar-refractivity contribution in [1.82, 2.24) is 4.98 Å². The fourth-order valence-corrected chi connectivity index (χ4v) is 4.97. The molecule has 35 heavy (non-hydrogen) atoms. The molecule has 0 spiro atoms. The molecule has 0 amide bonds. The fraction of sp³-hybridized carbons (Fsp3) is 0.231. The number of halogens is 2. The molecule has 0 radical (unpaired) electrons. The summed E-state index contributed by atoms with van der Waals surface area (Å²) in [5.74, 6) is -2.18. The van der Waals surface area contributed by atoms with Gasteiger partial charge in [0.05, 0.1) is 5.69 Å². The lowest BCUT2D eigenvalue weighted by Gasteiger charge is -2.39. The minimum atomic E-state index is -4.15. The molecule has 3 atom stereocenters. The average molecular weight is 499 g/mol. The summed E-state index contributed by atoms with van der Waals surface area (Å²) in [5.41, 5.74) is -2.94. The number of rotatable bonds is 7. The van der Waals surface area contributed by atoms with Gasteiger partial charge in [0.1, 0.15) is 17.1 Å². The topological polar surface area (TPSA) is 108 Å². The number of aliphatic carboxylic acids is 1. The highest BCUT2D eigenvalue weighted by Crippen LogP contribution is 2.53. The maximum absolute atomic E-state index is 16.3. The second-order valence-electron chi connectivity index (χ2n) is 8.51. The first-order chi connectivity index (χ1) is 16.4. The van der Waals surface area contributed by atoms with E-state index >= 15 is 4.39 Å². The van der Waals surface area contributed by atoms with Gasteiger partial charge in [-0.2, -0.15) is 0 Å². The van der Waals surface area contributed by atoms with Crippen LogP contribution in [0.4, 0.5) is 8.78 Å². The summed E-state index contributed by atoms with van der Waals surface area (Å²) in [5, 5.41) is 18.6. The predicted molar refractivity (Wildman–Crippen MR) is 129 cm³/mol. The second kappa shape index (κ2) is 9.71. The van der Waals surface area contributed by atoms with Crippen LogP contribution in [0.15, 0.2) is 54.6 Å². The normalized spacial score (nSPS) is 15.6. The van der Waals surface area contributed by atoms with Crippen LogP contribution < -0.4 is 0 Å². The first-order valence-electron chi connectivity index (χ1n) is 10.6. The summed E-state index contributed by atoms with van der Waals surface area (Å²) in [6.45, 7) is 4.32. The van der Waals surface area contributed by atoms with Gasteiger partial charge in [-0.1, -0.05) is 62.2 Å². The molecule has 9 heteroatoms. The Hall–Kier alpha value is -3.37. The molecule has 2 aromatic carbocycles. The summed E-state index contributed by atoms with van der Waals surface area (Å²) in [4.78, 5) is 26.8. The quantitative estimate of drug-likeness (QED) is 0.314. The molecule has 1 heterocycles. The van der Waals surface area contributed by atoms with Gasteiger partial charge in [-0.25, -0.2) is 18.6 Å². The van der Waals surface area contributed by atoms with E-state index in [-0.39, 0.29) is 28.1 Å². The predicted octanol–water partition coefficient (Wildman–Crippen LogP) is 4.95. The van der Waals surface area contributed by atoms with Crippen LogP contribution in [-0.4, -0.2) is 31.2 Å². The molecule has 3 rings (SSSR count). The van der Waals surface area contributed by atoms with Crippen molar-refractivity contribution in [2.75, 3.05) is 0 Å². The van der Waals surface area contributed by atoms with Crippen molar-refractivity contribution in [3.05, 3.63) is 77.5 Å². The maximum atomic E-state index is 16.3. The lowest BCUT2D eigenvalue weighted by molar-refractivity contribution is -0.145. The summed E-state index contributed by atoms with van der Waals surface area (Å²) < 4.78 is 42.4. The molecule has 0 aliphatic rings. The van der Waals surface area contributed by atoms with E-state index in [1.807, 2.05) is 0 Å². The number of aliphatic hydroxyl groups is 1. The van der Waals surface area contributed by atoms with E-state index in [2.05, 4.69) is 4.98 Å². The number of terminal acetylenes is 1. The Balaban J connectivity index is 2.59. The number of hydrogen-bond acceptors (Lipinski definition) is 4. The Kier molecular flexibility index (Phi) is 7.28. The van der Waals surface area contributed by atoms with Gasteiger partial charge in [0, 0.05) is 16.7 Å². The molecule has 0 aliphatic heterocycles. The zero-order chi connectivity index (χ0) is 26.1. The van der Waals surface area contributed by atoms with Crippen molar-refractivity contribution in [2.45, 2.75) is 37.4 Å². The van der Waals surface area contributed by atoms with Crippen molar-refractivity contribution in [3.8, 4) is 34.7 Å². The average Bonchev–Trinajstić information content (AvgIpc) is 2.80. The van der Waals surface area contributed by atoms with Crippen LogP contribution in [0.5, 0.6) is 0 Å². The number of carboxylic acid groups (broad SMARTS) is 1. The number of nitrogens with zero attached hydrogens (tertiary/aromatic N) is 1. The van der Waals surface area contributed by atoms with E-state index < -0.39 is 42.3 Å². The molecule has 1 aromatic heterocycles. The third-order valence-electron chi connectivity index (χ3n) is 5.97. The molecule has 0 saturated heterocycles. The smallest absolute Gasteiger partial charge is 0.335 e. The molecule has 0 saturated carbocycles. The molecule has 3 N–H and O–H groups in total. The Labute approximate surface area is 202 Å². The van der Waals surface area contributed by atoms with Gasteiger partial charge in [-0.05, 0) is 30.5 Å². The summed E-state index contributed by atoms with van der Waals surface area (Å²) in [6.07, 6.45) is 5.44. The first kappa shape index (κ1) is 26.2. The van der Waals surface area contributed by atoms with E-state index in [9.17, 15) is 28.9 Å². The Morgan fingerprint density at radius 2 is 1.66 bits per heavy atom. The molecule has 0 aliphatic carbocycles. The van der Waals surface area contributed by atoms with E-state index in [4.69, 9.17) is 6.42 Å². The number of pyridine rings is 1. The summed E-state index contributed by atoms with van der Waals surface area (Å²) >= 11 is 0. The van der Waals surface area contributed by atoms with Crippen LogP contribution in [0.25, 0.3) is 22.4 Å². The highest BCUT2D eigenvalue weighted by Gasteiger charge is 2.60. The number of benzene rings is 2. The van der Waals surface area contributed by atoms with Gasteiger partial charge >= 0.3 is 5.97 Å². The van der Waals surface area contributed by atoms with Gasteiger partial charge in [-0.3, -0.25) is 4.57 Å². The van der Waals surface area contributed by atoms with Crippen LogP contribution in [0.3, 0.4) is 0 Å². The highest BCUT2D eigenvalue weighted by molar-refractivity contribution is 7.42. The van der Waals surface area contributed by atoms with E-state index in [1.165, 1.54) is 12.1 Å². The molecular formula is C26H24F2NO5P. The summed E-state index contributed by atoms with van der Waals surface area (Å²) in [7, 11) is -4.15. The van der Waals surface area contributed by atoms with E-state index in [0.717, 1.165) is 19.1 Å². The standard InChI is InChI=1S/C26H24F2NO5P/c1-5-26(24(30)31,35(33)34)25(4,32)20-19(16-11-13-18(27)14-12-16)21(28)23(29-22(20)15(2)3)17-9-7-6-8-10-17/h1,6-15,32,35H,2-4H3,(H,30,31)(H,33,34). The molecule has 0 fully saturated rings. The molecule has 3 aromatic rings. The van der Waals surface area contributed by atoms with E-state index in [1.54, 1.807) is 50.1 Å². The van der Waals surface area contributed by atoms with Gasteiger partial charge in [0.15, 0.2) is 5.82 Å². The Morgan fingerprint density at radius 1 is 1.09 bits per heavy atom. The lowest BCUT2D eigenvalue weighted by atomic mass is 9.75. The van der Waals surface area contributed by atoms with Crippen LogP contribution in [-0.2, 0) is 15.0 Å². The van der Waals surface area contributed by atoms with Crippen molar-refractivity contribution in [3.63, 3.8) is 0 Å². The Morgan fingerprint density at radius 3 is 2.11 bits per heavy atom. The third-order valence-corrected chi connectivity index (χ3v) is 7.45. The SMILES string of the molecule is C#CC(C(=O)O)([PH](=O)O)C(C)(O)c1c(C(C)C)nc(-c2ccccc2)c(F)c1-c1ccc(F)cc1. The minimum absolute atomic E-state index is 0.0682. The minimum Gasteiger partial charge on any atom is -0.480 e. The van der Waals surface area contributed by atoms with Gasteiger partial charge in [-0.15, -0.1) is 6.42 Å². The number of hydrogen-bond donors (Lipinski definition) is 3. The van der Waals surface area contributed by atoms with Crippen molar-refractivity contribution in [1.29, 1.82) is 0 Å². The lowest BCUT2D eigenvalue weighted by Crippen LogP contribution is -2.53. The van der Waals surface area contributed by atoms with Gasteiger partial charge in [0.25, 0.3) is 0 Å². The third kappa shape index (κ3) is 4.28. The maximum Gasteiger partial charge on any atom is 0.335 e. The molecule has 6 nitrogen and oxygen atoms in total. The van der Waals surface area contributed by atoms with Gasteiger partial charge in [0.2, 0.25) is 13.2 Å². The number of aromatic nitrogens is 1. The zero-order valence-corrected chi connectivity index (χ0v) is 20.2. The molecule has 3 unspecified atom stereocenters. The molecular weight excluding hydrogens is 475 g/mol. The largest absolute Gasteiger partial charge is 0.480 e. The van der Waals surface area contributed by atoms with Crippen molar-refractivity contribution < 1.29 is 33.2 Å².